The Bertz CT molecular complexity index is 1970. The Balaban J connectivity index is 1.22. The van der Waals surface area contributed by atoms with E-state index >= 15 is 0 Å². The Morgan fingerprint density at radius 2 is 1.81 bits per heavy atom. The predicted molar refractivity (Wildman–Crippen MR) is 180 cm³/mol. The first-order valence-electron chi connectivity index (χ1n) is 16.0. The lowest BCUT2D eigenvalue weighted by molar-refractivity contribution is -0.138. The van der Waals surface area contributed by atoms with E-state index in [0.717, 1.165) is 31.6 Å². The Labute approximate surface area is 285 Å². The molecule has 1 N–H and O–H groups in total. The summed E-state index contributed by atoms with van der Waals surface area (Å²) in [7, 11) is 0. The molecule has 0 spiro atoms. The zero-order valence-electron chi connectivity index (χ0n) is 27.5. The topological polar surface area (TPSA) is 139 Å². The van der Waals surface area contributed by atoms with Gasteiger partial charge in [0.25, 0.3) is 0 Å². The van der Waals surface area contributed by atoms with Crippen LogP contribution in [0.15, 0.2) is 35.2 Å². The van der Waals surface area contributed by atoms with Crippen LogP contribution in [0.1, 0.15) is 61.2 Å². The van der Waals surface area contributed by atoms with Crippen molar-refractivity contribution in [2.45, 2.75) is 72.8 Å². The molecule has 3 atom stereocenters. The number of Topliss-reactive ketones (excluding diaryl/α,β-unsaturated/α-hetero) is 1. The first-order valence-corrected chi connectivity index (χ1v) is 16.8. The molecule has 2 aliphatic heterocycles. The number of aromatic nitrogens is 6. The fourth-order valence-electron chi connectivity index (χ4n) is 7.63. The Kier molecular flexibility index (Phi) is 7.93. The van der Waals surface area contributed by atoms with Crippen molar-refractivity contribution in [2.75, 3.05) is 25.0 Å². The largest absolute Gasteiger partial charge is 0.325 e. The minimum Gasteiger partial charge on any atom is -0.325 e. The van der Waals surface area contributed by atoms with Crippen molar-refractivity contribution in [2.24, 2.45) is 10.8 Å². The molecule has 12 nitrogen and oxygen atoms in total. The molecule has 6 heterocycles. The maximum absolute atomic E-state index is 14.6. The highest BCUT2D eigenvalue weighted by Crippen LogP contribution is 2.60. The molecule has 0 unspecified atom stereocenters. The average Bonchev–Trinajstić information content (AvgIpc) is 3.42. The van der Waals surface area contributed by atoms with Gasteiger partial charge in [-0.15, -0.1) is 0 Å². The summed E-state index contributed by atoms with van der Waals surface area (Å²) in [6, 6.07) is 4.47. The fraction of sp³-hybridized carbons (Fsp3) is 0.471. The standard InChI is InChI=1S/C34H37BrFN9O3/c1-18-6-7-27(35)40-31(18)41-32(48)25-9-34(17-43-15-33(4,5)16-43)10-26(34)45(25)28(47)14-44-30-22(29(42-44)19(2)46)8-23(39-24(30)11-36)21-12-37-20(3)38-13-21/h6-8,12-13,25-26H,9-11,14-17H2,1-5H3,(H,40,41,48)/t25-,26+,34-/m0/s1. The van der Waals surface area contributed by atoms with Crippen LogP contribution >= 0.6 is 15.9 Å². The number of fused-ring (bicyclic) bond motifs is 2. The second-order valence-corrected chi connectivity index (χ2v) is 15.1. The van der Waals surface area contributed by atoms with E-state index in [1.165, 1.54) is 11.6 Å². The Morgan fingerprint density at radius 3 is 2.48 bits per heavy atom. The third-order valence-electron chi connectivity index (χ3n) is 9.78. The molecule has 0 bridgehead atoms. The van der Waals surface area contributed by atoms with E-state index in [1.807, 2.05) is 13.0 Å². The quantitative estimate of drug-likeness (QED) is 0.193. The van der Waals surface area contributed by atoms with Crippen LogP contribution in [0.25, 0.3) is 22.2 Å². The maximum Gasteiger partial charge on any atom is 0.248 e. The fourth-order valence-corrected chi connectivity index (χ4v) is 7.94. The smallest absolute Gasteiger partial charge is 0.248 e. The summed E-state index contributed by atoms with van der Waals surface area (Å²) >= 11 is 3.38. The Morgan fingerprint density at radius 1 is 1.08 bits per heavy atom. The van der Waals surface area contributed by atoms with Gasteiger partial charge >= 0.3 is 0 Å². The number of aryl methyl sites for hydroxylation is 2. The van der Waals surface area contributed by atoms with Gasteiger partial charge < -0.3 is 15.1 Å². The first kappa shape index (κ1) is 32.4. The monoisotopic (exact) mass is 717 g/mol. The van der Waals surface area contributed by atoms with Gasteiger partial charge in [-0.25, -0.2) is 24.3 Å². The molecule has 3 aliphatic rings. The highest BCUT2D eigenvalue weighted by molar-refractivity contribution is 9.10. The molecule has 2 amide bonds. The van der Waals surface area contributed by atoms with Gasteiger partial charge in [0.05, 0.1) is 16.9 Å². The molecular weight excluding hydrogens is 681 g/mol. The number of nitrogens with zero attached hydrogens (tertiary/aromatic N) is 8. The van der Waals surface area contributed by atoms with Gasteiger partial charge in [-0.05, 0) is 65.7 Å². The molecule has 4 aromatic heterocycles. The number of carbonyl (C=O) groups is 3. The van der Waals surface area contributed by atoms with Crippen LogP contribution in [0.3, 0.4) is 0 Å². The van der Waals surface area contributed by atoms with Gasteiger partial charge in [0.2, 0.25) is 11.8 Å². The number of hydrogen-bond donors (Lipinski definition) is 1. The lowest BCUT2D eigenvalue weighted by atomic mass is 9.83. The SMILES string of the molecule is CC(=O)c1nn(CC(=O)N2[C@H](C(=O)Nc3nc(Br)ccc3C)C[C@@]3(CN4CC(C)(C)C4)C[C@@H]23)c2c(CF)nc(-c3cnc(C)nc3)cc12. The number of ketones is 1. The second-order valence-electron chi connectivity index (χ2n) is 14.3. The summed E-state index contributed by atoms with van der Waals surface area (Å²) in [5, 5.41) is 7.87. The van der Waals surface area contributed by atoms with Crippen LogP contribution in [0, 0.1) is 24.7 Å². The van der Waals surface area contributed by atoms with E-state index in [1.54, 1.807) is 36.4 Å². The molecule has 7 rings (SSSR count). The number of alkyl halides is 1. The number of likely N-dealkylation sites (tertiary alicyclic amines) is 2. The number of piperidine rings is 1. The van der Waals surface area contributed by atoms with Gasteiger partial charge in [-0.1, -0.05) is 19.9 Å². The van der Waals surface area contributed by atoms with Crippen LogP contribution in [-0.2, 0) is 22.8 Å². The first-order chi connectivity index (χ1) is 22.8. The summed E-state index contributed by atoms with van der Waals surface area (Å²) in [5.41, 5.74) is 2.24. The molecule has 14 heteroatoms. The third-order valence-corrected chi connectivity index (χ3v) is 10.2. The summed E-state index contributed by atoms with van der Waals surface area (Å²) < 4.78 is 16.6. The van der Waals surface area contributed by atoms with Crippen molar-refractivity contribution in [3.05, 3.63) is 58.0 Å². The van der Waals surface area contributed by atoms with Crippen molar-refractivity contribution in [3.8, 4) is 11.3 Å². The molecule has 1 aliphatic carbocycles. The van der Waals surface area contributed by atoms with Crippen molar-refractivity contribution < 1.29 is 18.8 Å². The predicted octanol–water partition coefficient (Wildman–Crippen LogP) is 4.67. The molecule has 4 aromatic rings. The number of anilines is 1. The van der Waals surface area contributed by atoms with Crippen LogP contribution in [0.5, 0.6) is 0 Å². The number of hydrogen-bond acceptors (Lipinski definition) is 9. The zero-order chi connectivity index (χ0) is 34.1. The minimum absolute atomic E-state index is 0.0453. The maximum atomic E-state index is 14.6. The number of amides is 2. The van der Waals surface area contributed by atoms with E-state index in [-0.39, 0.29) is 57.9 Å². The summed E-state index contributed by atoms with van der Waals surface area (Å²) in [6.07, 6.45) is 4.50. The summed E-state index contributed by atoms with van der Waals surface area (Å²) in [5.74, 6) is 0.0357. The van der Waals surface area contributed by atoms with E-state index in [4.69, 9.17) is 0 Å². The number of halogens is 2. The molecule has 1 saturated carbocycles. The lowest BCUT2D eigenvalue weighted by Gasteiger charge is -2.47. The lowest BCUT2D eigenvalue weighted by Crippen LogP contribution is -2.54. The zero-order valence-corrected chi connectivity index (χ0v) is 29.1. The van der Waals surface area contributed by atoms with Crippen molar-refractivity contribution in [3.63, 3.8) is 0 Å². The molecule has 0 radical (unpaired) electrons. The number of nitrogens with one attached hydrogen (secondary N) is 1. The van der Waals surface area contributed by atoms with Gasteiger partial charge in [0.1, 0.15) is 41.2 Å². The van der Waals surface area contributed by atoms with E-state index in [9.17, 15) is 18.8 Å². The van der Waals surface area contributed by atoms with Crippen LogP contribution in [-0.4, -0.2) is 88.8 Å². The summed E-state index contributed by atoms with van der Waals surface area (Å²) in [6.45, 7) is 11.0. The minimum atomic E-state index is -0.945. The molecule has 2 saturated heterocycles. The van der Waals surface area contributed by atoms with Gasteiger partial charge in [0.15, 0.2) is 5.78 Å². The number of carbonyl (C=O) groups excluding carboxylic acids is 3. The van der Waals surface area contributed by atoms with E-state index in [0.29, 0.717) is 39.3 Å². The van der Waals surface area contributed by atoms with Gasteiger partial charge in [-0.2, -0.15) is 5.10 Å². The second kappa shape index (κ2) is 11.8. The van der Waals surface area contributed by atoms with E-state index < -0.39 is 12.7 Å². The van der Waals surface area contributed by atoms with Gasteiger partial charge in [0, 0.05) is 61.4 Å². The highest BCUT2D eigenvalue weighted by Gasteiger charge is 2.68. The third kappa shape index (κ3) is 5.78. The number of rotatable bonds is 9. The van der Waals surface area contributed by atoms with Crippen molar-refractivity contribution in [1.82, 2.24) is 39.5 Å². The highest BCUT2D eigenvalue weighted by atomic mass is 79.9. The molecule has 0 aromatic carbocycles. The number of pyridine rings is 2. The van der Waals surface area contributed by atoms with Crippen molar-refractivity contribution in [1.29, 1.82) is 0 Å². The molecule has 3 fully saturated rings. The van der Waals surface area contributed by atoms with Gasteiger partial charge in [-0.3, -0.25) is 19.1 Å². The molecular formula is C34H37BrFN9O3. The average molecular weight is 719 g/mol. The summed E-state index contributed by atoms with van der Waals surface area (Å²) in [4.78, 5) is 62.5. The van der Waals surface area contributed by atoms with Crippen LogP contribution in [0.2, 0.25) is 0 Å². The normalized spacial score (nSPS) is 22.8. The van der Waals surface area contributed by atoms with Crippen LogP contribution in [0.4, 0.5) is 10.2 Å². The van der Waals surface area contributed by atoms with Crippen LogP contribution < -0.4 is 5.32 Å². The van der Waals surface area contributed by atoms with Crippen molar-refractivity contribution >= 4 is 50.2 Å². The molecule has 48 heavy (non-hydrogen) atoms. The Hall–Kier alpha value is -4.17. The van der Waals surface area contributed by atoms with E-state index in [2.05, 4.69) is 65.0 Å². The molecule has 250 valence electrons.